The number of nitrogens with zero attached hydrogens (tertiary/aromatic N) is 7. The number of carbonyl (C=O) groups is 2. The number of fused-ring (bicyclic) bond motifs is 1. The average molecular weight is 705 g/mol. The lowest BCUT2D eigenvalue weighted by molar-refractivity contribution is -0.151. The van der Waals surface area contributed by atoms with E-state index in [1.54, 1.807) is 10.8 Å². The first kappa shape index (κ1) is 34.0. The Labute approximate surface area is 298 Å². The minimum absolute atomic E-state index is 0.0126. The summed E-state index contributed by atoms with van der Waals surface area (Å²) in [7, 11) is 0. The molecular weight excluding hydrogens is 668 g/mol. The van der Waals surface area contributed by atoms with E-state index >= 15 is 0 Å². The van der Waals surface area contributed by atoms with E-state index in [1.807, 2.05) is 61.5 Å². The van der Waals surface area contributed by atoms with Crippen molar-refractivity contribution in [2.24, 2.45) is 0 Å². The molecule has 52 heavy (non-hydrogen) atoms. The van der Waals surface area contributed by atoms with Gasteiger partial charge in [0.05, 0.1) is 6.33 Å². The number of aryl methyl sites for hydroxylation is 1. The van der Waals surface area contributed by atoms with Gasteiger partial charge in [-0.05, 0) is 23.3 Å². The molecule has 2 aromatic carbocycles. The highest BCUT2D eigenvalue weighted by Gasteiger charge is 2.52. The Hall–Kier alpha value is -6.42. The lowest BCUT2D eigenvalue weighted by Crippen LogP contribution is -2.34. The maximum absolute atomic E-state index is 11.8. The molecular formula is C36H36N10O6. The molecule has 1 aliphatic heterocycles. The summed E-state index contributed by atoms with van der Waals surface area (Å²) in [6.45, 7) is 3.87. The number of hydrogen-bond donors (Lipinski definition) is 3. The fourth-order valence-corrected chi connectivity index (χ4v) is 6.15. The fourth-order valence-electron chi connectivity index (χ4n) is 6.15. The zero-order valence-electron chi connectivity index (χ0n) is 28.1. The summed E-state index contributed by atoms with van der Waals surface area (Å²) in [6, 6.07) is 26.1. The number of pyridine rings is 1. The molecule has 6 aromatic rings. The number of rotatable bonds is 17. The third kappa shape index (κ3) is 7.36. The van der Waals surface area contributed by atoms with Gasteiger partial charge in [-0.1, -0.05) is 78.8 Å². The standard InChI is InChI=1S/C36H36N10O6/c1-2-26-42-34(52-45-26)30-29(49-21-47)31(50-22-48)35(51-30)46-20-41-28-32(40-19-25(23-11-5-3-6-12-23)24-13-7-4-8-14-24)43-36(44-33(28)46)39-18-17-38-27-15-9-10-16-37-27/h3-16,20-22,25,29-31,35H,2,17-19H2,1H3,(H,37,38)(H2,39,40,43,44)/t29-,30+,31-,35-/m1/s1. The highest BCUT2D eigenvalue weighted by Crippen LogP contribution is 2.42. The fraction of sp³-hybridized carbons (Fsp3) is 0.278. The van der Waals surface area contributed by atoms with Gasteiger partial charge in [0.2, 0.25) is 5.95 Å². The van der Waals surface area contributed by atoms with Gasteiger partial charge in [-0.25, -0.2) is 9.97 Å². The first-order chi connectivity index (χ1) is 25.7. The van der Waals surface area contributed by atoms with Gasteiger partial charge in [-0.15, -0.1) is 0 Å². The molecule has 7 rings (SSSR count). The Bertz CT molecular complexity index is 2020. The van der Waals surface area contributed by atoms with Gasteiger partial charge in [0.1, 0.15) is 5.82 Å². The second kappa shape index (κ2) is 16.1. The highest BCUT2D eigenvalue weighted by molar-refractivity contribution is 5.84. The second-order valence-corrected chi connectivity index (χ2v) is 11.8. The van der Waals surface area contributed by atoms with Crippen molar-refractivity contribution in [3.63, 3.8) is 0 Å². The van der Waals surface area contributed by atoms with Crippen molar-refractivity contribution in [3.05, 3.63) is 114 Å². The largest absolute Gasteiger partial charge is 0.457 e. The molecule has 4 aromatic heterocycles. The Balaban J connectivity index is 1.23. The molecule has 1 saturated heterocycles. The molecule has 0 saturated carbocycles. The van der Waals surface area contributed by atoms with Crippen LogP contribution in [-0.4, -0.2) is 79.4 Å². The Morgan fingerprint density at radius 2 is 1.54 bits per heavy atom. The monoisotopic (exact) mass is 704 g/mol. The topological polar surface area (TPSA) is 193 Å². The summed E-state index contributed by atoms with van der Waals surface area (Å²) < 4.78 is 24.3. The molecule has 1 aliphatic rings. The number of ether oxygens (including phenoxy) is 3. The van der Waals surface area contributed by atoms with E-state index < -0.39 is 24.5 Å². The van der Waals surface area contributed by atoms with E-state index in [-0.39, 0.29) is 24.8 Å². The molecule has 0 amide bonds. The van der Waals surface area contributed by atoms with Crippen LogP contribution in [-0.2, 0) is 30.2 Å². The van der Waals surface area contributed by atoms with Crippen LogP contribution in [0.15, 0.2) is 95.9 Å². The lowest BCUT2D eigenvalue weighted by Gasteiger charge is -2.21. The lowest BCUT2D eigenvalue weighted by atomic mass is 9.91. The third-order valence-corrected chi connectivity index (χ3v) is 8.61. The summed E-state index contributed by atoms with van der Waals surface area (Å²) in [4.78, 5) is 46.4. The Morgan fingerprint density at radius 1 is 0.827 bits per heavy atom. The van der Waals surface area contributed by atoms with Gasteiger partial charge < -0.3 is 34.7 Å². The summed E-state index contributed by atoms with van der Waals surface area (Å²) in [5.41, 5.74) is 3.06. The van der Waals surface area contributed by atoms with E-state index in [1.165, 1.54) is 6.33 Å². The number of aromatic nitrogens is 7. The summed E-state index contributed by atoms with van der Waals surface area (Å²) in [5.74, 6) is 2.01. The van der Waals surface area contributed by atoms with E-state index in [9.17, 15) is 9.59 Å². The van der Waals surface area contributed by atoms with E-state index in [2.05, 4.69) is 60.3 Å². The minimum atomic E-state index is -1.12. The zero-order chi connectivity index (χ0) is 35.7. The molecule has 0 aliphatic carbocycles. The van der Waals surface area contributed by atoms with Gasteiger partial charge >= 0.3 is 0 Å². The van der Waals surface area contributed by atoms with Gasteiger partial charge in [-0.2, -0.15) is 15.0 Å². The zero-order valence-corrected chi connectivity index (χ0v) is 28.1. The van der Waals surface area contributed by atoms with E-state index in [0.717, 1.165) is 16.9 Å². The molecule has 5 heterocycles. The molecule has 0 spiro atoms. The SMILES string of the molecule is CCc1noc([C@H]2O[C@@H](n3cnc4c(NCC(c5ccccc5)c5ccccc5)nc(NCCNc5ccccn5)nc43)[C@H](OC=O)[C@@H]2OC=O)n1. The maximum Gasteiger partial charge on any atom is 0.293 e. The summed E-state index contributed by atoms with van der Waals surface area (Å²) >= 11 is 0. The summed E-state index contributed by atoms with van der Waals surface area (Å²) in [6.07, 6.45) is -0.583. The van der Waals surface area contributed by atoms with Gasteiger partial charge in [0.25, 0.3) is 18.8 Å². The predicted octanol–water partition coefficient (Wildman–Crippen LogP) is 4.29. The highest BCUT2D eigenvalue weighted by atomic mass is 16.6. The summed E-state index contributed by atoms with van der Waals surface area (Å²) in [5, 5.41) is 14.0. The normalized spacial score (nSPS) is 18.3. The van der Waals surface area contributed by atoms with Crippen LogP contribution in [0.2, 0.25) is 0 Å². The van der Waals surface area contributed by atoms with Crippen LogP contribution in [0, 0.1) is 0 Å². The van der Waals surface area contributed by atoms with Crippen LogP contribution in [0.3, 0.4) is 0 Å². The van der Waals surface area contributed by atoms with Crippen molar-refractivity contribution in [2.75, 3.05) is 35.6 Å². The average Bonchev–Trinajstić information content (AvgIpc) is 3.93. The van der Waals surface area contributed by atoms with Crippen molar-refractivity contribution in [1.82, 2.24) is 34.6 Å². The Kier molecular flexibility index (Phi) is 10.5. The van der Waals surface area contributed by atoms with Crippen LogP contribution in [0.4, 0.5) is 17.6 Å². The van der Waals surface area contributed by atoms with Gasteiger partial charge in [0, 0.05) is 38.2 Å². The molecule has 266 valence electrons. The van der Waals surface area contributed by atoms with Crippen molar-refractivity contribution < 1.29 is 28.3 Å². The van der Waals surface area contributed by atoms with Crippen LogP contribution in [0.1, 0.15) is 48.0 Å². The van der Waals surface area contributed by atoms with Crippen molar-refractivity contribution >= 4 is 41.7 Å². The number of carbonyl (C=O) groups excluding carboxylic acids is 2. The van der Waals surface area contributed by atoms with Crippen LogP contribution >= 0.6 is 0 Å². The molecule has 16 heteroatoms. The maximum atomic E-state index is 11.8. The number of benzene rings is 2. The number of anilines is 3. The molecule has 4 atom stereocenters. The number of hydrogen-bond acceptors (Lipinski definition) is 15. The molecule has 0 bridgehead atoms. The Morgan fingerprint density at radius 3 is 2.21 bits per heavy atom. The molecule has 1 fully saturated rings. The van der Waals surface area contributed by atoms with Crippen molar-refractivity contribution in [2.45, 2.75) is 43.8 Å². The van der Waals surface area contributed by atoms with Crippen LogP contribution in [0.5, 0.6) is 0 Å². The third-order valence-electron chi connectivity index (χ3n) is 8.61. The van der Waals surface area contributed by atoms with Crippen LogP contribution < -0.4 is 16.0 Å². The molecule has 3 N–H and O–H groups in total. The van der Waals surface area contributed by atoms with E-state index in [4.69, 9.17) is 28.7 Å². The number of imidazole rings is 1. The first-order valence-electron chi connectivity index (χ1n) is 16.8. The predicted molar refractivity (Wildman–Crippen MR) is 188 cm³/mol. The smallest absolute Gasteiger partial charge is 0.293 e. The quantitative estimate of drug-likeness (QED) is 0.0899. The van der Waals surface area contributed by atoms with Crippen LogP contribution in [0.25, 0.3) is 11.2 Å². The molecule has 0 radical (unpaired) electrons. The minimum Gasteiger partial charge on any atom is -0.457 e. The molecule has 16 nitrogen and oxygen atoms in total. The van der Waals surface area contributed by atoms with Crippen molar-refractivity contribution in [3.8, 4) is 0 Å². The second-order valence-electron chi connectivity index (χ2n) is 11.8. The number of nitrogens with one attached hydrogen (secondary N) is 3. The van der Waals surface area contributed by atoms with Crippen molar-refractivity contribution in [1.29, 1.82) is 0 Å². The van der Waals surface area contributed by atoms with Gasteiger partial charge in [0.15, 0.2) is 47.3 Å². The van der Waals surface area contributed by atoms with E-state index in [0.29, 0.717) is 54.8 Å². The molecule has 0 unspecified atom stereocenters. The first-order valence-corrected chi connectivity index (χ1v) is 16.8. The van der Waals surface area contributed by atoms with Gasteiger partial charge in [-0.3, -0.25) is 14.2 Å².